The number of aliphatic hydroxyl groups excluding tert-OH is 1. The number of piperidine rings is 1. The lowest BCUT2D eigenvalue weighted by atomic mass is 9.79. The van der Waals surface area contributed by atoms with Crippen molar-refractivity contribution in [2.24, 2.45) is 17.8 Å². The van der Waals surface area contributed by atoms with E-state index < -0.39 is 22.9 Å². The van der Waals surface area contributed by atoms with Gasteiger partial charge >= 0.3 is 12.1 Å². The van der Waals surface area contributed by atoms with Crippen LogP contribution < -0.4 is 0 Å². The average molecular weight is 589 g/mol. The van der Waals surface area contributed by atoms with Gasteiger partial charge in [0.05, 0.1) is 23.0 Å². The molecule has 0 spiro atoms. The summed E-state index contributed by atoms with van der Waals surface area (Å²) in [7, 11) is 0. The van der Waals surface area contributed by atoms with Gasteiger partial charge in [-0.15, -0.1) is 11.8 Å². The largest absolute Gasteiger partial charge is 0.477 e. The Kier molecular flexibility index (Phi) is 8.57. The third-order valence-corrected chi connectivity index (χ3v) is 10.3. The molecule has 2 amide bonds. The van der Waals surface area contributed by atoms with Crippen molar-refractivity contribution in [1.82, 2.24) is 14.7 Å². The Morgan fingerprint density at radius 3 is 2.46 bits per heavy atom. The molecule has 3 fully saturated rings. The van der Waals surface area contributed by atoms with Crippen LogP contribution in [0.1, 0.15) is 38.7 Å². The van der Waals surface area contributed by atoms with E-state index in [-0.39, 0.29) is 47.2 Å². The molecule has 0 saturated carbocycles. The number of carbonyl (C=O) groups is 3. The lowest BCUT2D eigenvalue weighted by molar-refractivity contribution is -0.384. The summed E-state index contributed by atoms with van der Waals surface area (Å²) in [5.41, 5.74) is 0.769. The van der Waals surface area contributed by atoms with E-state index >= 15 is 0 Å². The molecule has 0 aromatic heterocycles. The van der Waals surface area contributed by atoms with Gasteiger partial charge in [-0.05, 0) is 56.3 Å². The molecule has 0 aliphatic carbocycles. The highest BCUT2D eigenvalue weighted by Gasteiger charge is 2.60. The number of fused-ring (bicyclic) bond motifs is 1. The zero-order chi connectivity index (χ0) is 29.4. The molecular formula is C28H36N4O8S. The van der Waals surface area contributed by atoms with Crippen molar-refractivity contribution >= 4 is 35.4 Å². The summed E-state index contributed by atoms with van der Waals surface area (Å²) < 4.78 is 5.41. The summed E-state index contributed by atoms with van der Waals surface area (Å²) >= 11 is 1.58. The Labute approximate surface area is 242 Å². The first kappa shape index (κ1) is 29.3. The van der Waals surface area contributed by atoms with Crippen LogP contribution in [0.5, 0.6) is 0 Å². The molecular weight excluding hydrogens is 552 g/mol. The van der Waals surface area contributed by atoms with Gasteiger partial charge in [0, 0.05) is 54.4 Å². The van der Waals surface area contributed by atoms with Crippen molar-refractivity contribution in [2.45, 2.75) is 57.1 Å². The Morgan fingerprint density at radius 2 is 1.85 bits per heavy atom. The second-order valence-electron chi connectivity index (χ2n) is 11.5. The maximum atomic E-state index is 12.6. The van der Waals surface area contributed by atoms with Gasteiger partial charge in [-0.3, -0.25) is 14.9 Å². The van der Waals surface area contributed by atoms with Gasteiger partial charge in [0.15, 0.2) is 0 Å². The van der Waals surface area contributed by atoms with E-state index in [9.17, 15) is 34.7 Å². The minimum absolute atomic E-state index is 0.00694. The number of nitro benzene ring substituents is 1. The van der Waals surface area contributed by atoms with Crippen LogP contribution in [-0.2, 0) is 20.9 Å². The SMILES string of the molecule is C[C@@H](O)[C@H]1C(=O)N2C(C(=O)O)=C(SC3CCN(CC4CCN(C(=O)OCc5ccc([N+](=O)[O-])cc5)CC4)C3)[C@H](C)[C@H]12. The second kappa shape index (κ2) is 12.0. The number of carboxylic acid groups (broad SMARTS) is 1. The predicted molar refractivity (Wildman–Crippen MR) is 150 cm³/mol. The number of nitrogens with zero attached hydrogens (tertiary/aromatic N) is 4. The fourth-order valence-electron chi connectivity index (χ4n) is 6.53. The highest BCUT2D eigenvalue weighted by atomic mass is 32.2. The van der Waals surface area contributed by atoms with Crippen molar-refractivity contribution in [3.63, 3.8) is 0 Å². The number of benzene rings is 1. The zero-order valence-corrected chi connectivity index (χ0v) is 24.0. The molecule has 0 bridgehead atoms. The molecule has 12 nitrogen and oxygen atoms in total. The number of hydrogen-bond donors (Lipinski definition) is 2. The van der Waals surface area contributed by atoms with E-state index in [4.69, 9.17) is 4.74 Å². The van der Waals surface area contributed by atoms with Gasteiger partial charge in [0.1, 0.15) is 12.3 Å². The maximum absolute atomic E-state index is 12.6. The van der Waals surface area contributed by atoms with E-state index in [2.05, 4.69) is 4.90 Å². The van der Waals surface area contributed by atoms with Crippen molar-refractivity contribution in [1.29, 1.82) is 0 Å². The Bertz CT molecular complexity index is 1230. The van der Waals surface area contributed by atoms with E-state index in [0.717, 1.165) is 43.8 Å². The molecule has 4 aliphatic rings. The lowest BCUT2D eigenvalue weighted by Gasteiger charge is -2.46. The van der Waals surface area contributed by atoms with E-state index in [1.165, 1.54) is 17.0 Å². The van der Waals surface area contributed by atoms with Crippen LogP contribution in [0.2, 0.25) is 0 Å². The first-order valence-electron chi connectivity index (χ1n) is 14.1. The first-order valence-corrected chi connectivity index (χ1v) is 15.0. The number of non-ortho nitro benzene ring substituents is 1. The van der Waals surface area contributed by atoms with E-state index in [1.54, 1.807) is 35.7 Å². The van der Waals surface area contributed by atoms with E-state index in [1.807, 2.05) is 6.92 Å². The number of carbonyl (C=O) groups excluding carboxylic acids is 2. The van der Waals surface area contributed by atoms with Crippen molar-refractivity contribution < 1.29 is 34.3 Å². The molecule has 5 rings (SSSR count). The number of β-lactam (4-membered cyclic amide) rings is 1. The van der Waals surface area contributed by atoms with Gasteiger partial charge in [0.25, 0.3) is 5.69 Å². The van der Waals surface area contributed by atoms with Crippen LogP contribution in [-0.4, -0.2) is 97.9 Å². The lowest BCUT2D eigenvalue weighted by Crippen LogP contribution is -2.63. The number of aliphatic hydroxyl groups is 1. The van der Waals surface area contributed by atoms with Crippen LogP contribution in [0.25, 0.3) is 0 Å². The van der Waals surface area contributed by atoms with Gasteiger partial charge < -0.3 is 29.6 Å². The monoisotopic (exact) mass is 588 g/mol. The van der Waals surface area contributed by atoms with Gasteiger partial charge in [0.2, 0.25) is 5.91 Å². The van der Waals surface area contributed by atoms with Crippen molar-refractivity contribution in [3.05, 3.63) is 50.5 Å². The summed E-state index contributed by atoms with van der Waals surface area (Å²) in [6.07, 6.45) is 1.47. The fourth-order valence-corrected chi connectivity index (χ4v) is 8.05. The summed E-state index contributed by atoms with van der Waals surface area (Å²) in [6, 6.07) is 5.66. The third kappa shape index (κ3) is 5.93. The number of hydrogen-bond acceptors (Lipinski definition) is 9. The standard InChI is InChI=1S/C28H36N4O8S/c1-16-23-22(17(2)33)26(34)31(23)24(27(35)36)25(16)41-21-9-10-29(14-21)13-18-7-11-30(12-8-18)28(37)40-15-19-3-5-20(6-4-19)32(38)39/h3-6,16-18,21-23,33H,7-15H2,1-2H3,(H,35,36)/t16-,17-,21?,22-,23-/m1/s1. The molecule has 13 heteroatoms. The summed E-state index contributed by atoms with van der Waals surface area (Å²) in [6.45, 7) is 7.49. The fraction of sp³-hybridized carbons (Fsp3) is 0.607. The Balaban J connectivity index is 1.07. The number of thioether (sulfide) groups is 1. The molecule has 5 atom stereocenters. The van der Waals surface area contributed by atoms with Gasteiger partial charge in [-0.25, -0.2) is 9.59 Å². The molecule has 2 N–H and O–H groups in total. The Morgan fingerprint density at radius 1 is 1.17 bits per heavy atom. The first-order chi connectivity index (χ1) is 19.5. The van der Waals surface area contributed by atoms with Gasteiger partial charge in [-0.1, -0.05) is 6.92 Å². The van der Waals surface area contributed by atoms with Crippen LogP contribution in [0.3, 0.4) is 0 Å². The molecule has 222 valence electrons. The van der Waals surface area contributed by atoms with Crippen molar-refractivity contribution in [3.8, 4) is 0 Å². The Hall–Kier alpha value is -3.16. The van der Waals surface area contributed by atoms with Crippen molar-refractivity contribution in [2.75, 3.05) is 32.7 Å². The summed E-state index contributed by atoms with van der Waals surface area (Å²) in [5.74, 6) is -1.63. The molecule has 1 unspecified atom stereocenters. The van der Waals surface area contributed by atoms with Crippen LogP contribution >= 0.6 is 11.8 Å². The molecule has 3 saturated heterocycles. The summed E-state index contributed by atoms with van der Waals surface area (Å²) in [5, 5.41) is 31.0. The van der Waals surface area contributed by atoms with Gasteiger partial charge in [-0.2, -0.15) is 0 Å². The highest BCUT2D eigenvalue weighted by Crippen LogP contribution is 2.52. The maximum Gasteiger partial charge on any atom is 0.410 e. The number of likely N-dealkylation sites (tertiary alicyclic amines) is 2. The normalized spacial score (nSPS) is 27.5. The second-order valence-corrected chi connectivity index (χ2v) is 12.8. The van der Waals surface area contributed by atoms with Crippen LogP contribution in [0.15, 0.2) is 34.9 Å². The minimum Gasteiger partial charge on any atom is -0.477 e. The quantitative estimate of drug-likeness (QED) is 0.250. The molecule has 41 heavy (non-hydrogen) atoms. The number of nitro groups is 1. The molecule has 0 radical (unpaired) electrons. The highest BCUT2D eigenvalue weighted by molar-refractivity contribution is 8.03. The number of aliphatic carboxylic acids is 1. The average Bonchev–Trinajstić information content (AvgIpc) is 3.47. The minimum atomic E-state index is -1.09. The van der Waals surface area contributed by atoms with E-state index in [0.29, 0.717) is 24.6 Å². The number of rotatable bonds is 9. The summed E-state index contributed by atoms with van der Waals surface area (Å²) in [4.78, 5) is 53.8. The molecule has 4 heterocycles. The van der Waals surface area contributed by atoms with Crippen LogP contribution in [0.4, 0.5) is 10.5 Å². The molecule has 4 aliphatic heterocycles. The number of amides is 2. The smallest absolute Gasteiger partial charge is 0.410 e. The van der Waals surface area contributed by atoms with Crippen LogP contribution in [0, 0.1) is 27.9 Å². The number of ether oxygens (including phenoxy) is 1. The zero-order valence-electron chi connectivity index (χ0n) is 23.2. The topological polar surface area (TPSA) is 154 Å². The molecule has 1 aromatic rings. The number of carboxylic acids is 1. The molecule has 1 aromatic carbocycles. The predicted octanol–water partition coefficient (Wildman–Crippen LogP) is 2.90. The third-order valence-electron chi connectivity index (χ3n) is 8.73.